The van der Waals surface area contributed by atoms with Gasteiger partial charge in [-0.2, -0.15) is 0 Å². The fourth-order valence-electron chi connectivity index (χ4n) is 1.02. The van der Waals surface area contributed by atoms with Crippen LogP contribution in [0.1, 0.15) is 27.7 Å². The van der Waals surface area contributed by atoms with E-state index < -0.39 is 0 Å². The van der Waals surface area contributed by atoms with E-state index in [4.69, 9.17) is 12.2 Å². The van der Waals surface area contributed by atoms with E-state index in [9.17, 15) is 4.79 Å². The zero-order valence-corrected chi connectivity index (χ0v) is 11.4. The van der Waals surface area contributed by atoms with Crippen molar-refractivity contribution in [2.75, 3.05) is 5.32 Å². The molecular weight excluding hydrogens is 244 g/mol. The molecule has 0 aliphatic rings. The molecule has 0 saturated carbocycles. The number of anilines is 1. The second-order valence-corrected chi connectivity index (χ2v) is 6.19. The average molecular weight is 260 g/mol. The normalized spacial score (nSPS) is 13.2. The van der Waals surface area contributed by atoms with Crippen LogP contribution in [-0.2, 0) is 4.79 Å². The Morgan fingerprint density at radius 2 is 2.19 bits per heavy atom. The zero-order chi connectivity index (χ0) is 12.3. The molecule has 0 spiro atoms. The molecule has 16 heavy (non-hydrogen) atoms. The standard InChI is InChI=1S/C9H16N4OS2/c1-5(6(14)11-9(2,3)4)10-7-12-13-8(15)16-7/h5H,1-4H3,(H,10,12)(H,11,14)(H,13,15). The van der Waals surface area contributed by atoms with Gasteiger partial charge in [-0.25, -0.2) is 0 Å². The van der Waals surface area contributed by atoms with Gasteiger partial charge in [0.25, 0.3) is 0 Å². The van der Waals surface area contributed by atoms with E-state index in [1.165, 1.54) is 11.3 Å². The first-order valence-electron chi connectivity index (χ1n) is 4.92. The number of H-pyrrole nitrogens is 1. The van der Waals surface area contributed by atoms with Gasteiger partial charge in [-0.1, -0.05) is 11.3 Å². The van der Waals surface area contributed by atoms with Crippen LogP contribution in [0.4, 0.5) is 5.13 Å². The van der Waals surface area contributed by atoms with Gasteiger partial charge in [0.1, 0.15) is 6.04 Å². The molecule has 1 amide bonds. The van der Waals surface area contributed by atoms with Crippen molar-refractivity contribution in [2.45, 2.75) is 39.3 Å². The number of hydrogen-bond donors (Lipinski definition) is 3. The van der Waals surface area contributed by atoms with Gasteiger partial charge >= 0.3 is 0 Å². The number of carbonyl (C=O) groups is 1. The molecule has 7 heteroatoms. The molecule has 5 nitrogen and oxygen atoms in total. The number of aromatic nitrogens is 2. The van der Waals surface area contributed by atoms with Crippen LogP contribution < -0.4 is 10.6 Å². The molecule has 0 aliphatic carbocycles. The molecule has 0 bridgehead atoms. The highest BCUT2D eigenvalue weighted by molar-refractivity contribution is 7.73. The van der Waals surface area contributed by atoms with Crippen LogP contribution in [0.5, 0.6) is 0 Å². The van der Waals surface area contributed by atoms with E-state index in [1.54, 1.807) is 6.92 Å². The smallest absolute Gasteiger partial charge is 0.242 e. The van der Waals surface area contributed by atoms with Crippen LogP contribution in [0, 0.1) is 3.95 Å². The second-order valence-electron chi connectivity index (χ2n) is 4.52. The Hall–Kier alpha value is -0.950. The SMILES string of the molecule is CC(Nc1n[nH]c(=S)s1)C(=O)NC(C)(C)C. The van der Waals surface area contributed by atoms with Gasteiger partial charge < -0.3 is 10.6 Å². The molecule has 1 rings (SSSR count). The fourth-order valence-corrected chi connectivity index (χ4v) is 1.90. The van der Waals surface area contributed by atoms with E-state index in [0.29, 0.717) is 9.09 Å². The molecule has 1 heterocycles. The maximum absolute atomic E-state index is 11.7. The highest BCUT2D eigenvalue weighted by Gasteiger charge is 2.19. The monoisotopic (exact) mass is 260 g/mol. The number of nitrogens with zero attached hydrogens (tertiary/aromatic N) is 1. The van der Waals surface area contributed by atoms with E-state index >= 15 is 0 Å². The summed E-state index contributed by atoms with van der Waals surface area (Å²) in [5.74, 6) is -0.0615. The highest BCUT2D eigenvalue weighted by atomic mass is 32.1. The summed E-state index contributed by atoms with van der Waals surface area (Å²) in [5, 5.41) is 13.1. The average Bonchev–Trinajstić information content (AvgIpc) is 2.48. The Morgan fingerprint density at radius 1 is 1.56 bits per heavy atom. The number of nitrogens with one attached hydrogen (secondary N) is 3. The number of carbonyl (C=O) groups excluding carboxylic acids is 1. The predicted octanol–water partition coefficient (Wildman–Crippen LogP) is 1.92. The van der Waals surface area contributed by atoms with Crippen molar-refractivity contribution in [2.24, 2.45) is 0 Å². The summed E-state index contributed by atoms with van der Waals surface area (Å²) in [5.41, 5.74) is -0.231. The molecule has 0 saturated heterocycles. The summed E-state index contributed by atoms with van der Waals surface area (Å²) in [6.45, 7) is 7.61. The predicted molar refractivity (Wildman–Crippen MR) is 68.3 cm³/mol. The molecule has 1 aromatic heterocycles. The largest absolute Gasteiger partial charge is 0.350 e. The first kappa shape index (κ1) is 13.1. The van der Waals surface area contributed by atoms with Crippen molar-refractivity contribution in [3.8, 4) is 0 Å². The highest BCUT2D eigenvalue weighted by Crippen LogP contribution is 2.12. The second kappa shape index (κ2) is 4.92. The lowest BCUT2D eigenvalue weighted by Crippen LogP contribution is -2.47. The Balaban J connectivity index is 2.55. The van der Waals surface area contributed by atoms with Crippen molar-refractivity contribution in [1.29, 1.82) is 0 Å². The van der Waals surface area contributed by atoms with Crippen LogP contribution in [0.15, 0.2) is 0 Å². The minimum absolute atomic E-state index is 0.0615. The van der Waals surface area contributed by atoms with Gasteiger partial charge in [-0.15, -0.1) is 5.10 Å². The Labute approximate surface area is 104 Å². The molecular formula is C9H16N4OS2. The minimum atomic E-state index is -0.340. The number of rotatable bonds is 3. The summed E-state index contributed by atoms with van der Waals surface area (Å²) in [4.78, 5) is 11.7. The van der Waals surface area contributed by atoms with Crippen molar-refractivity contribution >= 4 is 34.6 Å². The summed E-state index contributed by atoms with van der Waals surface area (Å²) in [6, 6.07) is -0.340. The molecule has 1 atom stereocenters. The number of amides is 1. The lowest BCUT2D eigenvalue weighted by Gasteiger charge is -2.23. The van der Waals surface area contributed by atoms with Crippen molar-refractivity contribution < 1.29 is 4.79 Å². The van der Waals surface area contributed by atoms with Crippen LogP contribution in [-0.4, -0.2) is 27.7 Å². The third kappa shape index (κ3) is 4.28. The summed E-state index contributed by atoms with van der Waals surface area (Å²) in [7, 11) is 0. The first-order chi connectivity index (χ1) is 7.28. The molecule has 1 aromatic rings. The van der Waals surface area contributed by atoms with Crippen LogP contribution in [0.2, 0.25) is 0 Å². The lowest BCUT2D eigenvalue weighted by molar-refractivity contribution is -0.122. The molecule has 0 fully saturated rings. The maximum Gasteiger partial charge on any atom is 0.242 e. The van der Waals surface area contributed by atoms with Crippen LogP contribution >= 0.6 is 23.6 Å². The molecule has 1 unspecified atom stereocenters. The first-order valence-corrected chi connectivity index (χ1v) is 6.14. The minimum Gasteiger partial charge on any atom is -0.350 e. The van der Waals surface area contributed by atoms with Gasteiger partial charge in [-0.3, -0.25) is 9.89 Å². The number of hydrogen-bond acceptors (Lipinski definition) is 5. The van der Waals surface area contributed by atoms with E-state index in [-0.39, 0.29) is 17.5 Å². The third-order valence-corrected chi connectivity index (χ3v) is 2.69. The van der Waals surface area contributed by atoms with Crippen molar-refractivity contribution in [3.05, 3.63) is 3.95 Å². The van der Waals surface area contributed by atoms with Gasteiger partial charge in [0.2, 0.25) is 11.0 Å². The van der Waals surface area contributed by atoms with E-state index in [1.807, 2.05) is 20.8 Å². The van der Waals surface area contributed by atoms with Crippen molar-refractivity contribution in [3.63, 3.8) is 0 Å². The summed E-state index contributed by atoms with van der Waals surface area (Å²) < 4.78 is 0.589. The van der Waals surface area contributed by atoms with E-state index in [2.05, 4.69) is 20.8 Å². The molecule has 0 aromatic carbocycles. The summed E-state index contributed by atoms with van der Waals surface area (Å²) in [6.07, 6.45) is 0. The van der Waals surface area contributed by atoms with Crippen molar-refractivity contribution in [1.82, 2.24) is 15.5 Å². The Kier molecular flexibility index (Phi) is 4.03. The molecule has 3 N–H and O–H groups in total. The maximum atomic E-state index is 11.7. The quantitative estimate of drug-likeness (QED) is 0.726. The van der Waals surface area contributed by atoms with Gasteiger partial charge in [0, 0.05) is 5.54 Å². The molecule has 90 valence electrons. The lowest BCUT2D eigenvalue weighted by atomic mass is 10.1. The zero-order valence-electron chi connectivity index (χ0n) is 9.75. The molecule has 0 aliphatic heterocycles. The Bertz CT molecular complexity index is 418. The van der Waals surface area contributed by atoms with Crippen LogP contribution in [0.3, 0.4) is 0 Å². The van der Waals surface area contributed by atoms with Crippen LogP contribution in [0.25, 0.3) is 0 Å². The van der Waals surface area contributed by atoms with Gasteiger partial charge in [-0.05, 0) is 39.9 Å². The third-order valence-electron chi connectivity index (χ3n) is 1.67. The Morgan fingerprint density at radius 3 is 2.62 bits per heavy atom. The summed E-state index contributed by atoms with van der Waals surface area (Å²) >= 11 is 6.21. The topological polar surface area (TPSA) is 69.8 Å². The number of aromatic amines is 1. The van der Waals surface area contributed by atoms with Gasteiger partial charge in [0.15, 0.2) is 3.95 Å². The van der Waals surface area contributed by atoms with Gasteiger partial charge in [0.05, 0.1) is 0 Å². The van der Waals surface area contributed by atoms with E-state index in [0.717, 1.165) is 0 Å². The fraction of sp³-hybridized carbons (Fsp3) is 0.667. The molecule has 0 radical (unpaired) electrons.